The monoisotopic (exact) mass is 410 g/mol. The molecule has 0 spiro atoms. The molecule has 1 fully saturated rings. The number of aryl methyl sites for hydroxylation is 2. The third-order valence-electron chi connectivity index (χ3n) is 4.28. The average molecular weight is 410 g/mol. The summed E-state index contributed by atoms with van der Waals surface area (Å²) in [5, 5.41) is 2.97. The van der Waals surface area contributed by atoms with Gasteiger partial charge in [0, 0.05) is 38.0 Å². The van der Waals surface area contributed by atoms with Crippen molar-refractivity contribution in [3.8, 4) is 0 Å². The van der Waals surface area contributed by atoms with Crippen LogP contribution in [0.2, 0.25) is 0 Å². The fourth-order valence-corrected chi connectivity index (χ4v) is 3.33. The summed E-state index contributed by atoms with van der Waals surface area (Å²) in [4.78, 5) is 16.5. The van der Waals surface area contributed by atoms with Gasteiger partial charge in [0.1, 0.15) is 12.1 Å². The molecule has 0 saturated carbocycles. The molecule has 0 aliphatic carbocycles. The van der Waals surface area contributed by atoms with Crippen LogP contribution in [-0.4, -0.2) is 54.7 Å². The van der Waals surface area contributed by atoms with Gasteiger partial charge < -0.3 is 19.2 Å². The summed E-state index contributed by atoms with van der Waals surface area (Å²) in [6.07, 6.45) is 1.23. The maximum absolute atomic E-state index is 13.6. The molecule has 1 aromatic heterocycles. The number of hydrogen-bond donors (Lipinski definition) is 2. The van der Waals surface area contributed by atoms with Crippen LogP contribution in [0.1, 0.15) is 21.6 Å². The van der Waals surface area contributed by atoms with Crippen LogP contribution in [0.15, 0.2) is 22.8 Å². The molecule has 2 heterocycles. The zero-order valence-electron chi connectivity index (χ0n) is 16.0. The van der Waals surface area contributed by atoms with E-state index >= 15 is 0 Å². The van der Waals surface area contributed by atoms with Gasteiger partial charge in [-0.3, -0.25) is 9.52 Å². The van der Waals surface area contributed by atoms with E-state index in [0.29, 0.717) is 43.1 Å². The molecule has 0 bridgehead atoms. The minimum atomic E-state index is -0.382. The standard InChI is InChI=1S/C18H23FN4O4S/c1-11-7-15(12(2)6-14(11)19)20-18-21-16(10-27-18)17(24)22-28-23-4-5-26-9-13(8-23)25-3/h6-7,10,13H,4-5,8-9H2,1-3H3,(H,20,21)(H,22,24). The summed E-state index contributed by atoms with van der Waals surface area (Å²) in [5.41, 5.74) is 2.02. The number of rotatable bonds is 6. The highest BCUT2D eigenvalue weighted by Gasteiger charge is 2.20. The van der Waals surface area contributed by atoms with E-state index in [1.165, 1.54) is 24.5 Å². The van der Waals surface area contributed by atoms with E-state index in [1.807, 2.05) is 4.31 Å². The molecule has 1 atom stereocenters. The number of aromatic nitrogens is 1. The van der Waals surface area contributed by atoms with Gasteiger partial charge in [0.25, 0.3) is 11.9 Å². The number of ether oxygens (including phenoxy) is 2. The van der Waals surface area contributed by atoms with Gasteiger partial charge in [-0.2, -0.15) is 4.98 Å². The highest BCUT2D eigenvalue weighted by molar-refractivity contribution is 7.95. The Morgan fingerprint density at radius 3 is 3.00 bits per heavy atom. The summed E-state index contributed by atoms with van der Waals surface area (Å²) in [5.74, 6) is -0.657. The number of oxazole rings is 1. The molecule has 1 aromatic carbocycles. The number of hydrogen-bond acceptors (Lipinski definition) is 8. The Labute approximate surface area is 167 Å². The van der Waals surface area contributed by atoms with Gasteiger partial charge in [0.05, 0.1) is 19.3 Å². The zero-order chi connectivity index (χ0) is 20.1. The van der Waals surface area contributed by atoms with E-state index in [2.05, 4.69) is 15.0 Å². The van der Waals surface area contributed by atoms with Crippen LogP contribution in [0.25, 0.3) is 0 Å². The first-order valence-electron chi connectivity index (χ1n) is 8.78. The van der Waals surface area contributed by atoms with Crippen LogP contribution < -0.4 is 10.0 Å². The number of benzene rings is 1. The van der Waals surface area contributed by atoms with E-state index in [0.717, 1.165) is 0 Å². The summed E-state index contributed by atoms with van der Waals surface area (Å²) in [7, 11) is 1.63. The number of methoxy groups -OCH3 is 1. The lowest BCUT2D eigenvalue weighted by atomic mass is 10.1. The molecule has 2 aromatic rings. The third-order valence-corrected chi connectivity index (χ3v) is 5.15. The largest absolute Gasteiger partial charge is 0.431 e. The minimum Gasteiger partial charge on any atom is -0.431 e. The van der Waals surface area contributed by atoms with Crippen LogP contribution in [0.3, 0.4) is 0 Å². The number of carbonyl (C=O) groups excluding carboxylic acids is 1. The average Bonchev–Trinajstić information content (AvgIpc) is 3.01. The van der Waals surface area contributed by atoms with Crippen molar-refractivity contribution >= 4 is 29.7 Å². The van der Waals surface area contributed by atoms with Crippen molar-refractivity contribution in [2.75, 3.05) is 38.7 Å². The minimum absolute atomic E-state index is 0.0443. The number of nitrogens with zero attached hydrogens (tertiary/aromatic N) is 2. The topological polar surface area (TPSA) is 88.9 Å². The molecule has 8 nitrogen and oxygen atoms in total. The van der Waals surface area contributed by atoms with Crippen molar-refractivity contribution in [1.82, 2.24) is 14.0 Å². The van der Waals surface area contributed by atoms with Crippen LogP contribution in [0.5, 0.6) is 0 Å². The van der Waals surface area contributed by atoms with E-state index in [-0.39, 0.29) is 29.5 Å². The molecule has 1 aliphatic rings. The van der Waals surface area contributed by atoms with Crippen molar-refractivity contribution < 1.29 is 23.1 Å². The Morgan fingerprint density at radius 1 is 1.39 bits per heavy atom. The first-order chi connectivity index (χ1) is 13.5. The van der Waals surface area contributed by atoms with Crippen LogP contribution >= 0.6 is 12.1 Å². The normalized spacial score (nSPS) is 17.9. The van der Waals surface area contributed by atoms with Gasteiger partial charge in [-0.25, -0.2) is 8.70 Å². The molecule has 152 valence electrons. The lowest BCUT2D eigenvalue weighted by molar-refractivity contribution is 0.0261. The Kier molecular flexibility index (Phi) is 6.89. The van der Waals surface area contributed by atoms with Gasteiger partial charge in [0.15, 0.2) is 5.69 Å². The number of nitrogens with one attached hydrogen (secondary N) is 2. The summed E-state index contributed by atoms with van der Waals surface area (Å²) in [6.45, 7) is 5.85. The molecule has 2 N–H and O–H groups in total. The fourth-order valence-electron chi connectivity index (χ4n) is 2.60. The first kappa shape index (κ1) is 20.6. The van der Waals surface area contributed by atoms with Crippen LogP contribution in [0.4, 0.5) is 16.1 Å². The van der Waals surface area contributed by atoms with E-state index in [9.17, 15) is 9.18 Å². The molecule has 1 aliphatic heterocycles. The SMILES string of the molecule is COC1COCCN(SNC(=O)c2coc(Nc3cc(C)c(F)cc3C)n2)C1. The maximum atomic E-state index is 13.6. The van der Waals surface area contributed by atoms with Gasteiger partial charge in [-0.1, -0.05) is 0 Å². The Balaban J connectivity index is 1.57. The zero-order valence-corrected chi connectivity index (χ0v) is 16.8. The number of amides is 1. The first-order valence-corrected chi connectivity index (χ1v) is 9.55. The summed E-state index contributed by atoms with van der Waals surface area (Å²) in [6, 6.07) is 3.26. The van der Waals surface area contributed by atoms with Crippen molar-refractivity contribution in [1.29, 1.82) is 0 Å². The van der Waals surface area contributed by atoms with Gasteiger partial charge in [-0.05, 0) is 37.1 Å². The molecule has 1 amide bonds. The predicted molar refractivity (Wildman–Crippen MR) is 104 cm³/mol. The van der Waals surface area contributed by atoms with E-state index in [1.54, 1.807) is 27.0 Å². The van der Waals surface area contributed by atoms with E-state index < -0.39 is 0 Å². The van der Waals surface area contributed by atoms with E-state index in [4.69, 9.17) is 13.9 Å². The van der Waals surface area contributed by atoms with Gasteiger partial charge in [-0.15, -0.1) is 0 Å². The molecule has 10 heteroatoms. The van der Waals surface area contributed by atoms with Crippen LogP contribution in [0, 0.1) is 19.7 Å². The maximum Gasteiger partial charge on any atom is 0.299 e. The molecule has 1 unspecified atom stereocenters. The van der Waals surface area contributed by atoms with Crippen molar-refractivity contribution in [3.63, 3.8) is 0 Å². The lowest BCUT2D eigenvalue weighted by Crippen LogP contribution is -2.32. The predicted octanol–water partition coefficient (Wildman–Crippen LogP) is 2.81. The third kappa shape index (κ3) is 5.22. The molecular weight excluding hydrogens is 387 g/mol. The second-order valence-corrected chi connectivity index (χ2v) is 7.33. The highest BCUT2D eigenvalue weighted by Crippen LogP contribution is 2.23. The molecule has 0 radical (unpaired) electrons. The second-order valence-electron chi connectivity index (χ2n) is 6.42. The van der Waals surface area contributed by atoms with Crippen molar-refractivity contribution in [2.24, 2.45) is 0 Å². The molecular formula is C18H23FN4O4S. The second kappa shape index (κ2) is 9.37. The lowest BCUT2D eigenvalue weighted by Gasteiger charge is -2.20. The number of carbonyl (C=O) groups is 1. The highest BCUT2D eigenvalue weighted by atomic mass is 32.2. The summed E-state index contributed by atoms with van der Waals surface area (Å²) >= 11 is 1.18. The molecule has 28 heavy (non-hydrogen) atoms. The Morgan fingerprint density at radius 2 is 2.21 bits per heavy atom. The number of halogens is 1. The molecule has 1 saturated heterocycles. The summed E-state index contributed by atoms with van der Waals surface area (Å²) < 4.78 is 34.4. The number of anilines is 2. The Bertz CT molecular complexity index is 832. The van der Waals surface area contributed by atoms with Crippen molar-refractivity contribution in [2.45, 2.75) is 20.0 Å². The van der Waals surface area contributed by atoms with Gasteiger partial charge >= 0.3 is 0 Å². The quantitative estimate of drug-likeness (QED) is 0.703. The smallest absolute Gasteiger partial charge is 0.299 e. The fraction of sp³-hybridized carbons (Fsp3) is 0.444. The molecule has 3 rings (SSSR count). The van der Waals surface area contributed by atoms with Crippen LogP contribution in [-0.2, 0) is 9.47 Å². The van der Waals surface area contributed by atoms with Crippen molar-refractivity contribution in [3.05, 3.63) is 41.0 Å². The Hall–Kier alpha value is -2.14. The van der Waals surface area contributed by atoms with Gasteiger partial charge in [0.2, 0.25) is 0 Å².